The molecule has 1 aliphatic heterocycles. The predicted octanol–water partition coefficient (Wildman–Crippen LogP) is 0.995. The van der Waals surface area contributed by atoms with Crippen molar-refractivity contribution in [2.45, 2.75) is 32.5 Å². The first-order chi connectivity index (χ1) is 9.17. The summed E-state index contributed by atoms with van der Waals surface area (Å²) in [4.78, 5) is 13.8. The van der Waals surface area contributed by atoms with Gasteiger partial charge >= 0.3 is 0 Å². The first kappa shape index (κ1) is 14.0. The molecule has 1 aromatic carbocycles. The molecule has 0 radical (unpaired) electrons. The molecule has 1 saturated heterocycles. The Morgan fingerprint density at radius 2 is 2.21 bits per heavy atom. The predicted molar refractivity (Wildman–Crippen MR) is 71.8 cm³/mol. The number of carbonyl (C=O) groups is 1. The summed E-state index contributed by atoms with van der Waals surface area (Å²) in [5, 5.41) is 2.84. The molecular formula is C14H20FN3O. The van der Waals surface area contributed by atoms with Gasteiger partial charge in [0.2, 0.25) is 5.91 Å². The highest BCUT2D eigenvalue weighted by Crippen LogP contribution is 2.18. The van der Waals surface area contributed by atoms with E-state index in [2.05, 4.69) is 5.32 Å². The minimum absolute atomic E-state index is 0.0316. The molecule has 1 atom stereocenters. The number of halogens is 1. The van der Waals surface area contributed by atoms with Gasteiger partial charge in [-0.3, -0.25) is 9.69 Å². The quantitative estimate of drug-likeness (QED) is 0.853. The summed E-state index contributed by atoms with van der Waals surface area (Å²) >= 11 is 0. The molecule has 5 heteroatoms. The van der Waals surface area contributed by atoms with Crippen molar-refractivity contribution in [2.75, 3.05) is 13.1 Å². The SMILES string of the molecule is CCC1C(=O)NCCN1Cc1cccc(CN)c1F. The highest BCUT2D eigenvalue weighted by atomic mass is 19.1. The van der Waals surface area contributed by atoms with Crippen LogP contribution in [0.4, 0.5) is 4.39 Å². The fourth-order valence-corrected chi connectivity index (χ4v) is 2.53. The summed E-state index contributed by atoms with van der Waals surface area (Å²) in [5.74, 6) is -0.213. The lowest BCUT2D eigenvalue weighted by Gasteiger charge is -2.34. The number of hydrogen-bond donors (Lipinski definition) is 2. The van der Waals surface area contributed by atoms with E-state index in [1.54, 1.807) is 12.1 Å². The molecule has 0 saturated carbocycles. The molecular weight excluding hydrogens is 245 g/mol. The number of hydrogen-bond acceptors (Lipinski definition) is 3. The molecule has 0 bridgehead atoms. The number of amides is 1. The summed E-state index contributed by atoms with van der Waals surface area (Å²) in [6.07, 6.45) is 0.726. The topological polar surface area (TPSA) is 58.4 Å². The van der Waals surface area contributed by atoms with Gasteiger partial charge in [-0.15, -0.1) is 0 Å². The number of nitrogens with two attached hydrogens (primary N) is 1. The minimum Gasteiger partial charge on any atom is -0.353 e. The zero-order valence-corrected chi connectivity index (χ0v) is 11.2. The Bertz CT molecular complexity index is 464. The fraction of sp³-hybridized carbons (Fsp3) is 0.500. The molecule has 19 heavy (non-hydrogen) atoms. The van der Waals surface area contributed by atoms with Crippen LogP contribution >= 0.6 is 0 Å². The van der Waals surface area contributed by atoms with Gasteiger partial charge in [-0.05, 0) is 6.42 Å². The molecule has 3 N–H and O–H groups in total. The zero-order chi connectivity index (χ0) is 13.8. The smallest absolute Gasteiger partial charge is 0.237 e. The van der Waals surface area contributed by atoms with Gasteiger partial charge < -0.3 is 11.1 Å². The van der Waals surface area contributed by atoms with Gasteiger partial charge in [0, 0.05) is 37.3 Å². The molecule has 1 aliphatic rings. The average Bonchev–Trinajstić information content (AvgIpc) is 2.41. The zero-order valence-electron chi connectivity index (χ0n) is 11.2. The summed E-state index contributed by atoms with van der Waals surface area (Å²) in [6, 6.07) is 5.09. The Labute approximate surface area is 112 Å². The van der Waals surface area contributed by atoms with Gasteiger partial charge in [-0.25, -0.2) is 4.39 Å². The molecule has 1 amide bonds. The second kappa shape index (κ2) is 6.12. The molecule has 0 spiro atoms. The summed E-state index contributed by atoms with van der Waals surface area (Å²) < 4.78 is 14.1. The first-order valence-electron chi connectivity index (χ1n) is 6.65. The standard InChI is InChI=1S/C14H20FN3O/c1-2-12-14(19)17-6-7-18(12)9-11-5-3-4-10(8-16)13(11)15/h3-5,12H,2,6-9,16H2,1H3,(H,17,19). The summed E-state index contributed by atoms with van der Waals surface area (Å²) in [5.41, 5.74) is 6.64. The molecule has 1 heterocycles. The largest absolute Gasteiger partial charge is 0.353 e. The van der Waals surface area contributed by atoms with E-state index < -0.39 is 0 Å². The van der Waals surface area contributed by atoms with E-state index in [1.807, 2.05) is 17.9 Å². The molecule has 0 aromatic heterocycles. The Kier molecular flexibility index (Phi) is 4.50. The van der Waals surface area contributed by atoms with Crippen molar-refractivity contribution in [3.8, 4) is 0 Å². The second-order valence-corrected chi connectivity index (χ2v) is 4.78. The van der Waals surface area contributed by atoms with Crippen LogP contribution in [0.3, 0.4) is 0 Å². The molecule has 1 unspecified atom stereocenters. The van der Waals surface area contributed by atoms with Gasteiger partial charge in [0.15, 0.2) is 0 Å². The van der Waals surface area contributed by atoms with E-state index in [4.69, 9.17) is 5.73 Å². The van der Waals surface area contributed by atoms with Gasteiger partial charge in [0.05, 0.1) is 6.04 Å². The van der Waals surface area contributed by atoms with Crippen LogP contribution in [0.5, 0.6) is 0 Å². The lowest BCUT2D eigenvalue weighted by molar-refractivity contribution is -0.129. The highest BCUT2D eigenvalue weighted by Gasteiger charge is 2.28. The maximum atomic E-state index is 14.1. The Morgan fingerprint density at radius 1 is 1.47 bits per heavy atom. The Morgan fingerprint density at radius 3 is 2.89 bits per heavy atom. The van der Waals surface area contributed by atoms with E-state index in [9.17, 15) is 9.18 Å². The van der Waals surface area contributed by atoms with Crippen molar-refractivity contribution >= 4 is 5.91 Å². The van der Waals surface area contributed by atoms with Gasteiger partial charge in [0.1, 0.15) is 5.82 Å². The Hall–Kier alpha value is -1.46. The number of benzene rings is 1. The number of nitrogens with zero attached hydrogens (tertiary/aromatic N) is 1. The van der Waals surface area contributed by atoms with Crippen LogP contribution < -0.4 is 11.1 Å². The minimum atomic E-state index is -0.245. The average molecular weight is 265 g/mol. The van der Waals surface area contributed by atoms with Gasteiger partial charge in [-0.2, -0.15) is 0 Å². The van der Waals surface area contributed by atoms with E-state index >= 15 is 0 Å². The van der Waals surface area contributed by atoms with Crippen LogP contribution in [0.15, 0.2) is 18.2 Å². The van der Waals surface area contributed by atoms with E-state index in [0.717, 1.165) is 13.0 Å². The van der Waals surface area contributed by atoms with Crippen molar-refractivity contribution in [2.24, 2.45) is 5.73 Å². The van der Waals surface area contributed by atoms with Gasteiger partial charge in [-0.1, -0.05) is 25.1 Å². The molecule has 1 fully saturated rings. The fourth-order valence-electron chi connectivity index (χ4n) is 2.53. The van der Waals surface area contributed by atoms with Crippen LogP contribution in [-0.2, 0) is 17.9 Å². The molecule has 1 aromatic rings. The molecule has 0 aliphatic carbocycles. The third-order valence-electron chi connectivity index (χ3n) is 3.58. The van der Waals surface area contributed by atoms with E-state index in [-0.39, 0.29) is 24.3 Å². The Balaban J connectivity index is 2.18. The molecule has 2 rings (SSSR count). The number of rotatable bonds is 4. The van der Waals surface area contributed by atoms with Crippen LogP contribution in [0.2, 0.25) is 0 Å². The van der Waals surface area contributed by atoms with E-state index in [1.165, 1.54) is 0 Å². The van der Waals surface area contributed by atoms with Crippen LogP contribution in [0.1, 0.15) is 24.5 Å². The molecule has 4 nitrogen and oxygen atoms in total. The van der Waals surface area contributed by atoms with Crippen molar-refractivity contribution in [1.29, 1.82) is 0 Å². The maximum absolute atomic E-state index is 14.1. The molecule has 104 valence electrons. The maximum Gasteiger partial charge on any atom is 0.237 e. The van der Waals surface area contributed by atoms with Crippen molar-refractivity contribution in [3.05, 3.63) is 35.1 Å². The van der Waals surface area contributed by atoms with Crippen molar-refractivity contribution in [3.63, 3.8) is 0 Å². The van der Waals surface area contributed by atoms with Crippen molar-refractivity contribution in [1.82, 2.24) is 10.2 Å². The normalized spacial score (nSPS) is 20.4. The third-order valence-corrected chi connectivity index (χ3v) is 3.58. The highest BCUT2D eigenvalue weighted by molar-refractivity contribution is 5.82. The van der Waals surface area contributed by atoms with Crippen LogP contribution in [0, 0.1) is 5.82 Å². The monoisotopic (exact) mass is 265 g/mol. The van der Waals surface area contributed by atoms with E-state index in [0.29, 0.717) is 24.2 Å². The van der Waals surface area contributed by atoms with Crippen LogP contribution in [-0.4, -0.2) is 29.9 Å². The second-order valence-electron chi connectivity index (χ2n) is 4.78. The van der Waals surface area contributed by atoms with Gasteiger partial charge in [0.25, 0.3) is 0 Å². The summed E-state index contributed by atoms with van der Waals surface area (Å²) in [7, 11) is 0. The van der Waals surface area contributed by atoms with Crippen LogP contribution in [0.25, 0.3) is 0 Å². The number of carbonyl (C=O) groups excluding carboxylic acids is 1. The number of piperazine rings is 1. The number of nitrogens with one attached hydrogen (secondary N) is 1. The van der Waals surface area contributed by atoms with Crippen molar-refractivity contribution < 1.29 is 9.18 Å². The first-order valence-corrected chi connectivity index (χ1v) is 6.65. The summed E-state index contributed by atoms with van der Waals surface area (Å²) in [6.45, 7) is 3.97. The lowest BCUT2D eigenvalue weighted by Crippen LogP contribution is -2.54. The lowest BCUT2D eigenvalue weighted by atomic mass is 10.1. The third kappa shape index (κ3) is 2.93.